The summed E-state index contributed by atoms with van der Waals surface area (Å²) in [6.07, 6.45) is 3.80. The quantitative estimate of drug-likeness (QED) is 0.469. The van der Waals surface area contributed by atoms with E-state index < -0.39 is 0 Å². The maximum atomic E-state index is 6.22. The highest BCUT2D eigenvalue weighted by Gasteiger charge is 2.10. The highest BCUT2D eigenvalue weighted by molar-refractivity contribution is 7.98. The predicted molar refractivity (Wildman–Crippen MR) is 84.0 cm³/mol. The van der Waals surface area contributed by atoms with Gasteiger partial charge >= 0.3 is 0 Å². The molecule has 0 bridgehead atoms. The molecule has 0 unspecified atom stereocenters. The van der Waals surface area contributed by atoms with Crippen LogP contribution in [0.1, 0.15) is 0 Å². The van der Waals surface area contributed by atoms with Crippen molar-refractivity contribution < 1.29 is 0 Å². The van der Waals surface area contributed by atoms with E-state index in [9.17, 15) is 0 Å². The van der Waals surface area contributed by atoms with Crippen LogP contribution in [0.25, 0.3) is 21.9 Å². The lowest BCUT2D eigenvalue weighted by atomic mass is 10.0. The summed E-state index contributed by atoms with van der Waals surface area (Å²) in [5.41, 5.74) is 2.13. The van der Waals surface area contributed by atoms with Gasteiger partial charge in [0.15, 0.2) is 0 Å². The number of hydrogen-bond donors (Lipinski definition) is 0. The van der Waals surface area contributed by atoms with E-state index in [1.165, 1.54) is 15.7 Å². The smallest absolute Gasteiger partial charge is 0.136 e. The van der Waals surface area contributed by atoms with Gasteiger partial charge in [0, 0.05) is 16.7 Å². The van der Waals surface area contributed by atoms with Crippen molar-refractivity contribution in [3.63, 3.8) is 0 Å². The fraction of sp³-hybridized carbons (Fsp3) is 0.0625. The Balaban J connectivity index is 2.31. The van der Waals surface area contributed by atoms with Crippen LogP contribution in [0.5, 0.6) is 0 Å². The molecule has 1 heterocycles. The number of benzene rings is 2. The lowest BCUT2D eigenvalue weighted by Crippen LogP contribution is -1.86. The molecule has 0 N–H and O–H groups in total. The lowest BCUT2D eigenvalue weighted by molar-refractivity contribution is 1.32. The molecule has 1 aromatic heterocycles. The minimum absolute atomic E-state index is 0.549. The summed E-state index contributed by atoms with van der Waals surface area (Å²) in [6.45, 7) is 0. The Bertz CT molecular complexity index is 740. The van der Waals surface area contributed by atoms with Crippen LogP contribution in [0.4, 0.5) is 0 Å². The Labute approximate surface area is 121 Å². The van der Waals surface area contributed by atoms with Crippen LogP contribution >= 0.6 is 23.4 Å². The van der Waals surface area contributed by atoms with Crippen LogP contribution < -0.4 is 0 Å². The fourth-order valence-electron chi connectivity index (χ4n) is 2.19. The maximum absolute atomic E-state index is 6.22. The van der Waals surface area contributed by atoms with Gasteiger partial charge in [0.1, 0.15) is 5.15 Å². The zero-order valence-corrected chi connectivity index (χ0v) is 12.0. The van der Waals surface area contributed by atoms with E-state index in [0.29, 0.717) is 5.15 Å². The Hall–Kier alpha value is -1.51. The number of thioether (sulfide) groups is 1. The predicted octanol–water partition coefficient (Wildman–Crippen LogP) is 5.28. The highest BCUT2D eigenvalue weighted by atomic mass is 35.5. The molecule has 0 saturated heterocycles. The highest BCUT2D eigenvalue weighted by Crippen LogP contribution is 2.36. The molecule has 0 aliphatic heterocycles. The molecular formula is C16H12ClNS. The van der Waals surface area contributed by atoms with Gasteiger partial charge in [0.05, 0.1) is 0 Å². The van der Waals surface area contributed by atoms with Crippen LogP contribution in [-0.4, -0.2) is 11.2 Å². The van der Waals surface area contributed by atoms with Gasteiger partial charge in [-0.3, -0.25) is 0 Å². The summed E-state index contributed by atoms with van der Waals surface area (Å²) in [6, 6.07) is 16.7. The number of pyridine rings is 1. The summed E-state index contributed by atoms with van der Waals surface area (Å²) in [4.78, 5) is 5.38. The molecule has 0 amide bonds. The van der Waals surface area contributed by atoms with Crippen LogP contribution in [0, 0.1) is 0 Å². The van der Waals surface area contributed by atoms with Crippen molar-refractivity contribution in [2.75, 3.05) is 6.26 Å². The van der Waals surface area contributed by atoms with Gasteiger partial charge in [0.25, 0.3) is 0 Å². The molecule has 0 spiro atoms. The molecule has 94 valence electrons. The molecule has 1 nitrogen and oxygen atoms in total. The van der Waals surface area contributed by atoms with E-state index in [2.05, 4.69) is 47.6 Å². The molecule has 3 rings (SSSR count). The third kappa shape index (κ3) is 2.34. The third-order valence-electron chi connectivity index (χ3n) is 3.12. The maximum Gasteiger partial charge on any atom is 0.136 e. The van der Waals surface area contributed by atoms with E-state index in [-0.39, 0.29) is 0 Å². The second-order valence-electron chi connectivity index (χ2n) is 4.24. The van der Waals surface area contributed by atoms with Crippen LogP contribution in [-0.2, 0) is 0 Å². The lowest BCUT2D eigenvalue weighted by Gasteiger charge is -2.11. The van der Waals surface area contributed by atoms with E-state index in [4.69, 9.17) is 11.6 Å². The molecule has 0 aliphatic rings. The Morgan fingerprint density at radius 2 is 1.68 bits per heavy atom. The molecule has 19 heavy (non-hydrogen) atoms. The van der Waals surface area contributed by atoms with Crippen molar-refractivity contribution in [3.8, 4) is 11.1 Å². The normalized spacial score (nSPS) is 10.8. The van der Waals surface area contributed by atoms with Crippen molar-refractivity contribution >= 4 is 34.1 Å². The van der Waals surface area contributed by atoms with Crippen molar-refractivity contribution in [2.45, 2.75) is 4.90 Å². The first-order chi connectivity index (χ1) is 9.29. The number of aromatic nitrogens is 1. The third-order valence-corrected chi connectivity index (χ3v) is 4.20. The topological polar surface area (TPSA) is 12.9 Å². The van der Waals surface area contributed by atoms with Crippen molar-refractivity contribution in [2.24, 2.45) is 0 Å². The molecule has 3 heteroatoms. The first kappa shape index (κ1) is 12.5. The molecule has 3 aromatic rings. The summed E-state index contributed by atoms with van der Waals surface area (Å²) >= 11 is 7.95. The number of rotatable bonds is 2. The van der Waals surface area contributed by atoms with Crippen molar-refractivity contribution in [1.29, 1.82) is 0 Å². The van der Waals surface area contributed by atoms with Gasteiger partial charge in [0.2, 0.25) is 0 Å². The van der Waals surface area contributed by atoms with E-state index >= 15 is 0 Å². The molecule has 0 aliphatic carbocycles. The average molecular weight is 286 g/mol. The van der Waals surface area contributed by atoms with Crippen LogP contribution in [0.2, 0.25) is 5.15 Å². The second-order valence-corrected chi connectivity index (χ2v) is 5.45. The summed E-state index contributed by atoms with van der Waals surface area (Å²) in [5.74, 6) is 0. The number of nitrogens with zero attached hydrogens (tertiary/aromatic N) is 1. The van der Waals surface area contributed by atoms with E-state index in [0.717, 1.165) is 11.1 Å². The van der Waals surface area contributed by atoms with Crippen molar-refractivity contribution in [1.82, 2.24) is 4.98 Å². The van der Waals surface area contributed by atoms with Gasteiger partial charge in [-0.05, 0) is 46.9 Å². The molecular weight excluding hydrogens is 274 g/mol. The largest absolute Gasteiger partial charge is 0.244 e. The second kappa shape index (κ2) is 5.24. The standard InChI is InChI=1S/C16H12ClNS/c1-19-15-10-12-6-3-2-5-11(12)9-14(15)13-7-4-8-18-16(13)17/h2-10H,1H3. The Morgan fingerprint density at radius 1 is 0.947 bits per heavy atom. The molecule has 2 aromatic carbocycles. The van der Waals surface area contributed by atoms with Gasteiger partial charge in [-0.1, -0.05) is 35.9 Å². The summed E-state index contributed by atoms with van der Waals surface area (Å²) in [5, 5.41) is 3.01. The van der Waals surface area contributed by atoms with Gasteiger partial charge in [-0.15, -0.1) is 11.8 Å². The van der Waals surface area contributed by atoms with Crippen LogP contribution in [0.3, 0.4) is 0 Å². The number of halogens is 1. The minimum atomic E-state index is 0.549. The van der Waals surface area contributed by atoms with Gasteiger partial charge in [-0.2, -0.15) is 0 Å². The monoisotopic (exact) mass is 285 g/mol. The zero-order chi connectivity index (χ0) is 13.2. The summed E-state index contributed by atoms with van der Waals surface area (Å²) < 4.78 is 0. The molecule has 0 atom stereocenters. The van der Waals surface area contributed by atoms with Gasteiger partial charge in [-0.25, -0.2) is 4.98 Å². The summed E-state index contributed by atoms with van der Waals surface area (Å²) in [7, 11) is 0. The first-order valence-corrected chi connectivity index (χ1v) is 7.57. The minimum Gasteiger partial charge on any atom is -0.244 e. The van der Waals surface area contributed by atoms with E-state index in [1.807, 2.05) is 12.1 Å². The average Bonchev–Trinajstić information content (AvgIpc) is 2.46. The Morgan fingerprint density at radius 3 is 2.37 bits per heavy atom. The SMILES string of the molecule is CSc1cc2ccccc2cc1-c1cccnc1Cl. The molecule has 0 saturated carbocycles. The zero-order valence-electron chi connectivity index (χ0n) is 10.4. The molecule has 0 fully saturated rings. The van der Waals surface area contributed by atoms with Crippen LogP contribution in [0.15, 0.2) is 59.6 Å². The van der Waals surface area contributed by atoms with E-state index in [1.54, 1.807) is 18.0 Å². The van der Waals surface area contributed by atoms with Crippen molar-refractivity contribution in [3.05, 3.63) is 59.9 Å². The fourth-order valence-corrected chi connectivity index (χ4v) is 3.04. The molecule has 0 radical (unpaired) electrons. The Kier molecular flexibility index (Phi) is 3.45. The number of fused-ring (bicyclic) bond motifs is 1. The first-order valence-electron chi connectivity index (χ1n) is 5.97. The number of hydrogen-bond acceptors (Lipinski definition) is 2. The van der Waals surface area contributed by atoms with Gasteiger partial charge < -0.3 is 0 Å².